The maximum absolute atomic E-state index is 13.3. The minimum atomic E-state index is -2.09. The van der Waals surface area contributed by atoms with E-state index in [1.54, 1.807) is 6.08 Å². The van der Waals surface area contributed by atoms with Crippen molar-refractivity contribution in [1.82, 2.24) is 10.6 Å². The van der Waals surface area contributed by atoms with Gasteiger partial charge < -0.3 is 115 Å². The molecule has 22 atom stereocenters. The topological polar surface area (TPSA) is 395 Å². The number of aliphatic hydroxyl groups excluding tert-OH is 13. The van der Waals surface area contributed by atoms with Crippen LogP contribution < -0.4 is 10.6 Å². The summed E-state index contributed by atoms with van der Waals surface area (Å²) in [6.45, 7) is 1.60. The lowest BCUT2D eigenvalue weighted by Gasteiger charge is -2.49. The van der Waals surface area contributed by atoms with Crippen LogP contribution in [0.15, 0.2) is 12.2 Å². The van der Waals surface area contributed by atoms with Crippen LogP contribution in [-0.4, -0.2) is 246 Å². The van der Waals surface area contributed by atoms with Crippen molar-refractivity contribution in [3.05, 3.63) is 12.2 Å². The molecule has 0 saturated carbocycles. The summed E-state index contributed by atoms with van der Waals surface area (Å²) in [5.74, 6) is -1.00. The van der Waals surface area contributed by atoms with Crippen LogP contribution in [0.5, 0.6) is 0 Å². The molecule has 0 bridgehead atoms. The van der Waals surface area contributed by atoms with E-state index in [2.05, 4.69) is 24.5 Å². The van der Waals surface area contributed by atoms with Crippen LogP contribution in [0.4, 0.5) is 0 Å². The Morgan fingerprint density at radius 2 is 0.859 bits per heavy atom. The third-order valence-electron chi connectivity index (χ3n) is 16.6. The second kappa shape index (κ2) is 42.0. The molecule has 25 nitrogen and oxygen atoms in total. The van der Waals surface area contributed by atoms with Crippen molar-refractivity contribution in [2.75, 3.05) is 33.0 Å². The SMILES string of the molecule is CCCCCCCCCCCCC/C=C/[C@@H](O)[C@H](CO[C@@H]1OC(CO)[C@@H](O[C@@H]2OC(CO)[C@H](O[C@@H]3OC(CO)[C@H](O)[C@H](O[C@@H]4OC(CO)[C@H](O)[C@H](O)C4NC(C)=O)C3O)[C@H](O)C2O)[C@H](O)C1O)NC(=O)CCCCCCCCCCCCCCC. The summed E-state index contributed by atoms with van der Waals surface area (Å²) < 4.78 is 46.4. The van der Waals surface area contributed by atoms with Gasteiger partial charge in [-0.2, -0.15) is 0 Å². The molecule has 4 aliphatic heterocycles. The van der Waals surface area contributed by atoms with E-state index in [1.807, 2.05) is 6.08 Å². The highest BCUT2D eigenvalue weighted by Crippen LogP contribution is 2.35. The summed E-state index contributed by atoms with van der Waals surface area (Å²) in [5.41, 5.74) is 0. The van der Waals surface area contributed by atoms with E-state index in [0.29, 0.717) is 12.8 Å². The predicted octanol–water partition coefficient (Wildman–Crippen LogP) is 1.00. The highest BCUT2D eigenvalue weighted by Gasteiger charge is 2.56. The van der Waals surface area contributed by atoms with Gasteiger partial charge in [0.1, 0.15) is 97.6 Å². The van der Waals surface area contributed by atoms with Gasteiger partial charge >= 0.3 is 0 Å². The summed E-state index contributed by atoms with van der Waals surface area (Å²) in [7, 11) is 0. The summed E-state index contributed by atoms with van der Waals surface area (Å²) in [6.07, 6.45) is -2.78. The number of carbonyl (C=O) groups is 2. The average Bonchev–Trinajstić information content (AvgIpc) is 1.93. The van der Waals surface area contributed by atoms with Gasteiger partial charge in [0, 0.05) is 13.3 Å². The van der Waals surface area contributed by atoms with Gasteiger partial charge in [-0.15, -0.1) is 0 Å². The molecule has 0 aromatic rings. The second-order valence-electron chi connectivity index (χ2n) is 23.6. The number of hydrogen-bond donors (Lipinski definition) is 15. The van der Waals surface area contributed by atoms with Gasteiger partial charge in [-0.3, -0.25) is 9.59 Å². The molecule has 4 aliphatic rings. The Hall–Kier alpha value is -2.16. The van der Waals surface area contributed by atoms with Gasteiger partial charge in [0.15, 0.2) is 25.2 Å². The first-order chi connectivity index (χ1) is 41.0. The molecule has 4 saturated heterocycles. The Balaban J connectivity index is 1.35. The molecule has 498 valence electrons. The molecule has 0 aromatic carbocycles. The Morgan fingerprint density at radius 3 is 1.34 bits per heavy atom. The zero-order valence-electron chi connectivity index (χ0n) is 50.7. The number of unbranched alkanes of at least 4 members (excludes halogenated alkanes) is 23. The molecule has 4 fully saturated rings. The monoisotopic (exact) mass is 1230 g/mol. The molecule has 4 heterocycles. The van der Waals surface area contributed by atoms with Gasteiger partial charge in [-0.05, 0) is 19.3 Å². The number of hydrogen-bond acceptors (Lipinski definition) is 23. The Kier molecular flexibility index (Phi) is 37.2. The third-order valence-corrected chi connectivity index (χ3v) is 16.6. The Bertz CT molecular complexity index is 1790. The zero-order valence-corrected chi connectivity index (χ0v) is 50.7. The zero-order chi connectivity index (χ0) is 62.3. The minimum absolute atomic E-state index is 0.218. The van der Waals surface area contributed by atoms with Crippen LogP contribution in [0.1, 0.15) is 188 Å². The fourth-order valence-corrected chi connectivity index (χ4v) is 11.4. The molecular formula is C60H110N2O23. The van der Waals surface area contributed by atoms with Crippen LogP contribution >= 0.6 is 0 Å². The van der Waals surface area contributed by atoms with Crippen molar-refractivity contribution in [3.63, 3.8) is 0 Å². The van der Waals surface area contributed by atoms with Crippen molar-refractivity contribution in [3.8, 4) is 0 Å². The Morgan fingerprint density at radius 1 is 0.459 bits per heavy atom. The molecule has 0 spiro atoms. The van der Waals surface area contributed by atoms with Crippen molar-refractivity contribution >= 4 is 11.8 Å². The summed E-state index contributed by atoms with van der Waals surface area (Å²) in [6, 6.07) is -2.53. The smallest absolute Gasteiger partial charge is 0.220 e. The van der Waals surface area contributed by atoms with Gasteiger partial charge in [0.25, 0.3) is 0 Å². The van der Waals surface area contributed by atoms with E-state index in [4.69, 9.17) is 37.9 Å². The summed E-state index contributed by atoms with van der Waals surface area (Å²) in [5, 5.41) is 147. The molecule has 0 aromatic heterocycles. The summed E-state index contributed by atoms with van der Waals surface area (Å²) >= 11 is 0. The molecule has 2 amide bonds. The van der Waals surface area contributed by atoms with Crippen LogP contribution in [0.3, 0.4) is 0 Å². The first-order valence-corrected chi connectivity index (χ1v) is 31.9. The van der Waals surface area contributed by atoms with Crippen molar-refractivity contribution in [2.24, 2.45) is 0 Å². The number of nitrogens with one attached hydrogen (secondary N) is 2. The minimum Gasteiger partial charge on any atom is -0.394 e. The van der Waals surface area contributed by atoms with E-state index in [9.17, 15) is 76.0 Å². The predicted molar refractivity (Wildman–Crippen MR) is 308 cm³/mol. The van der Waals surface area contributed by atoms with E-state index < -0.39 is 174 Å². The maximum Gasteiger partial charge on any atom is 0.220 e. The highest BCUT2D eigenvalue weighted by molar-refractivity contribution is 5.76. The lowest BCUT2D eigenvalue weighted by atomic mass is 9.95. The first-order valence-electron chi connectivity index (χ1n) is 31.9. The van der Waals surface area contributed by atoms with E-state index in [-0.39, 0.29) is 12.3 Å². The standard InChI is InChI=1S/C60H110N2O23/c1-4-6-8-10-12-14-16-18-20-22-24-26-28-30-39(68)38(62-44(69)31-29-27-25-23-21-19-17-15-13-11-9-7-5-2)36-78-58-51(75)49(73)54(42(34-65)81-58)83-59-52(76)50(74)55(43(35-66)82-59)84-60-53(77)56(47(71)41(33-64)80-60)85-57-45(61-37(3)67)48(72)46(70)40(32-63)79-57/h28,30,38-43,45-60,63-66,68,70-77H,4-27,29,31-36H2,1-3H3,(H,61,67)(H,62,69)/b30-28+/t38-,39+,40?,41?,42?,43?,45?,46-,47-,48+,49+,50+,51?,52?,53?,54+,55-,56-,57-,58+,59-,60-/m0/s1. The lowest BCUT2D eigenvalue weighted by molar-refractivity contribution is -0.386. The molecule has 85 heavy (non-hydrogen) atoms. The van der Waals surface area contributed by atoms with Gasteiger partial charge in [-0.25, -0.2) is 0 Å². The normalized spacial score (nSPS) is 34.4. The number of carbonyl (C=O) groups excluding carboxylic acids is 2. The van der Waals surface area contributed by atoms with Crippen LogP contribution in [0.2, 0.25) is 0 Å². The van der Waals surface area contributed by atoms with Crippen molar-refractivity contribution in [1.29, 1.82) is 0 Å². The van der Waals surface area contributed by atoms with Gasteiger partial charge in [0.05, 0.1) is 45.2 Å². The lowest BCUT2D eigenvalue weighted by Crippen LogP contribution is -2.69. The molecule has 8 unspecified atom stereocenters. The Labute approximate surface area is 502 Å². The number of ether oxygens (including phenoxy) is 8. The molecule has 0 radical (unpaired) electrons. The van der Waals surface area contributed by atoms with Crippen LogP contribution in [-0.2, 0) is 47.5 Å². The second-order valence-corrected chi connectivity index (χ2v) is 23.6. The number of amides is 2. The number of aliphatic hydroxyl groups is 13. The first kappa shape index (κ1) is 75.3. The molecular weight excluding hydrogens is 1120 g/mol. The van der Waals surface area contributed by atoms with Crippen LogP contribution in [0, 0.1) is 0 Å². The fraction of sp³-hybridized carbons (Fsp3) is 0.933. The average molecular weight is 1230 g/mol. The van der Waals surface area contributed by atoms with E-state index in [1.165, 1.54) is 103 Å². The van der Waals surface area contributed by atoms with Gasteiger partial charge in [-0.1, -0.05) is 167 Å². The number of rotatable bonds is 43. The largest absolute Gasteiger partial charge is 0.394 e. The van der Waals surface area contributed by atoms with Crippen LogP contribution in [0.25, 0.3) is 0 Å². The quantitative estimate of drug-likeness (QED) is 0.0299. The third kappa shape index (κ3) is 24.9. The molecule has 25 heteroatoms. The van der Waals surface area contributed by atoms with Gasteiger partial charge in [0.2, 0.25) is 11.8 Å². The fourth-order valence-electron chi connectivity index (χ4n) is 11.4. The molecule has 15 N–H and O–H groups in total. The molecule has 4 rings (SSSR count). The highest BCUT2D eigenvalue weighted by atomic mass is 16.8. The maximum atomic E-state index is 13.3. The van der Waals surface area contributed by atoms with E-state index in [0.717, 1.165) is 51.9 Å². The van der Waals surface area contributed by atoms with E-state index >= 15 is 0 Å². The molecule has 0 aliphatic carbocycles. The van der Waals surface area contributed by atoms with Crippen molar-refractivity contribution < 1.29 is 114 Å². The van der Waals surface area contributed by atoms with Crippen molar-refractivity contribution in [2.45, 2.75) is 323 Å². The number of allylic oxidation sites excluding steroid dienone is 1. The summed E-state index contributed by atoms with van der Waals surface area (Å²) in [4.78, 5) is 25.4.